The zero-order valence-corrected chi connectivity index (χ0v) is 8.41. The predicted molar refractivity (Wildman–Crippen MR) is 51.1 cm³/mol. The smallest absolute Gasteiger partial charge is 0.280 e. The minimum Gasteiger partial charge on any atom is -0.294 e. The van der Waals surface area contributed by atoms with Crippen molar-refractivity contribution in [2.45, 2.75) is 38.7 Å². The van der Waals surface area contributed by atoms with Gasteiger partial charge in [0.25, 0.3) is 12.0 Å². The summed E-state index contributed by atoms with van der Waals surface area (Å²) in [4.78, 5) is 15.4. The molecule has 0 amide bonds. The van der Waals surface area contributed by atoms with Crippen molar-refractivity contribution in [2.24, 2.45) is 0 Å². The maximum Gasteiger partial charge on any atom is 0.280 e. The average molecular weight is 214 g/mol. The first kappa shape index (κ1) is 10.3. The van der Waals surface area contributed by atoms with Crippen molar-refractivity contribution in [3.8, 4) is 0 Å². The second kappa shape index (κ2) is 3.72. The van der Waals surface area contributed by atoms with Gasteiger partial charge in [-0.3, -0.25) is 9.36 Å². The molecule has 1 aliphatic rings. The Morgan fingerprint density at radius 2 is 2.33 bits per heavy atom. The summed E-state index contributed by atoms with van der Waals surface area (Å²) in [5.41, 5.74) is -0.761. The molecule has 0 spiro atoms. The van der Waals surface area contributed by atoms with E-state index in [1.165, 1.54) is 4.57 Å². The van der Waals surface area contributed by atoms with Gasteiger partial charge in [-0.05, 0) is 19.8 Å². The van der Waals surface area contributed by atoms with E-state index in [9.17, 15) is 13.6 Å². The largest absolute Gasteiger partial charge is 0.294 e. The fourth-order valence-electron chi connectivity index (χ4n) is 2.00. The quantitative estimate of drug-likeness (QED) is 0.717. The van der Waals surface area contributed by atoms with E-state index in [0.717, 1.165) is 18.9 Å². The molecule has 1 atom stereocenters. The van der Waals surface area contributed by atoms with Crippen LogP contribution in [-0.2, 0) is 6.42 Å². The standard InChI is InChI=1S/C10H12F2N2O/c1-6-3-2-4-8-13-7(10(11)12)5-9(15)14(6)8/h5-6,10H,2-4H2,1H3. The SMILES string of the molecule is CC1CCCc2nc(C(F)F)cc(=O)n21. The molecule has 5 heteroatoms. The van der Waals surface area contributed by atoms with Crippen molar-refractivity contribution in [3.63, 3.8) is 0 Å². The number of halogens is 2. The molecule has 2 rings (SSSR count). The molecule has 0 radical (unpaired) electrons. The van der Waals surface area contributed by atoms with Crippen LogP contribution in [0.4, 0.5) is 8.78 Å². The van der Waals surface area contributed by atoms with E-state index in [1.54, 1.807) is 0 Å². The lowest BCUT2D eigenvalue weighted by molar-refractivity contribution is 0.144. The summed E-state index contributed by atoms with van der Waals surface area (Å²) in [6, 6.07) is 1.01. The predicted octanol–water partition coefficient (Wildman–Crippen LogP) is 2.08. The molecule has 0 aromatic carbocycles. The highest BCUT2D eigenvalue weighted by atomic mass is 19.3. The van der Waals surface area contributed by atoms with Crippen molar-refractivity contribution in [3.05, 3.63) is 27.9 Å². The van der Waals surface area contributed by atoms with Crippen LogP contribution >= 0.6 is 0 Å². The number of aryl methyl sites for hydroxylation is 1. The fraction of sp³-hybridized carbons (Fsp3) is 0.600. The molecular weight excluding hydrogens is 202 g/mol. The molecule has 2 heterocycles. The molecule has 3 nitrogen and oxygen atoms in total. The molecule has 0 saturated carbocycles. The number of alkyl halides is 2. The lowest BCUT2D eigenvalue weighted by Crippen LogP contribution is -2.31. The van der Waals surface area contributed by atoms with Crippen LogP contribution in [0.1, 0.15) is 43.8 Å². The molecular formula is C10H12F2N2O. The Kier molecular flexibility index (Phi) is 2.54. The molecule has 1 aliphatic heterocycles. The number of hydrogen-bond acceptors (Lipinski definition) is 2. The fourth-order valence-corrected chi connectivity index (χ4v) is 2.00. The van der Waals surface area contributed by atoms with E-state index in [4.69, 9.17) is 0 Å². The lowest BCUT2D eigenvalue weighted by Gasteiger charge is -2.24. The van der Waals surface area contributed by atoms with Crippen molar-refractivity contribution in [1.29, 1.82) is 0 Å². The number of fused-ring (bicyclic) bond motifs is 1. The van der Waals surface area contributed by atoms with Crippen molar-refractivity contribution in [1.82, 2.24) is 9.55 Å². The molecule has 15 heavy (non-hydrogen) atoms. The zero-order chi connectivity index (χ0) is 11.0. The first-order valence-corrected chi connectivity index (χ1v) is 5.00. The molecule has 1 unspecified atom stereocenters. The van der Waals surface area contributed by atoms with Crippen molar-refractivity contribution in [2.75, 3.05) is 0 Å². The van der Waals surface area contributed by atoms with E-state index in [2.05, 4.69) is 4.98 Å². The van der Waals surface area contributed by atoms with Gasteiger partial charge < -0.3 is 0 Å². The summed E-state index contributed by atoms with van der Waals surface area (Å²) >= 11 is 0. The number of rotatable bonds is 1. The zero-order valence-electron chi connectivity index (χ0n) is 8.41. The highest BCUT2D eigenvalue weighted by Crippen LogP contribution is 2.22. The maximum atomic E-state index is 12.4. The normalized spacial score (nSPS) is 20.4. The maximum absolute atomic E-state index is 12.4. The van der Waals surface area contributed by atoms with Gasteiger partial charge in [-0.15, -0.1) is 0 Å². The molecule has 1 aromatic rings. The minimum atomic E-state index is -2.67. The molecule has 0 fully saturated rings. The Hall–Kier alpha value is -1.26. The van der Waals surface area contributed by atoms with Gasteiger partial charge in [0.2, 0.25) is 0 Å². The Labute approximate surface area is 85.8 Å². The van der Waals surface area contributed by atoms with E-state index in [0.29, 0.717) is 12.2 Å². The van der Waals surface area contributed by atoms with Gasteiger partial charge in [-0.1, -0.05) is 0 Å². The second-order valence-corrected chi connectivity index (χ2v) is 3.85. The van der Waals surface area contributed by atoms with E-state index in [1.807, 2.05) is 6.92 Å². The third kappa shape index (κ3) is 1.78. The average Bonchev–Trinajstić information content (AvgIpc) is 2.17. The van der Waals surface area contributed by atoms with Gasteiger partial charge in [0.05, 0.1) is 0 Å². The Bertz CT molecular complexity index is 428. The van der Waals surface area contributed by atoms with E-state index >= 15 is 0 Å². The summed E-state index contributed by atoms with van der Waals surface area (Å²) in [5.74, 6) is 0.497. The van der Waals surface area contributed by atoms with Crippen LogP contribution in [0, 0.1) is 0 Å². The number of aromatic nitrogens is 2. The third-order valence-electron chi connectivity index (χ3n) is 2.73. The summed E-state index contributed by atoms with van der Waals surface area (Å²) in [5, 5.41) is 0. The second-order valence-electron chi connectivity index (χ2n) is 3.85. The van der Waals surface area contributed by atoms with Crippen molar-refractivity contribution < 1.29 is 8.78 Å². The van der Waals surface area contributed by atoms with Gasteiger partial charge >= 0.3 is 0 Å². The molecule has 82 valence electrons. The first-order chi connectivity index (χ1) is 7.09. The lowest BCUT2D eigenvalue weighted by atomic mass is 10.1. The first-order valence-electron chi connectivity index (χ1n) is 5.00. The molecule has 0 saturated heterocycles. The third-order valence-corrected chi connectivity index (χ3v) is 2.73. The minimum absolute atomic E-state index is 0.0699. The van der Waals surface area contributed by atoms with Gasteiger partial charge in [-0.2, -0.15) is 0 Å². The van der Waals surface area contributed by atoms with Gasteiger partial charge in [0.15, 0.2) is 0 Å². The van der Waals surface area contributed by atoms with Crippen LogP contribution in [0.25, 0.3) is 0 Å². The topological polar surface area (TPSA) is 34.9 Å². The monoisotopic (exact) mass is 214 g/mol. The van der Waals surface area contributed by atoms with E-state index < -0.39 is 12.1 Å². The highest BCUT2D eigenvalue weighted by molar-refractivity contribution is 5.08. The highest BCUT2D eigenvalue weighted by Gasteiger charge is 2.21. The summed E-state index contributed by atoms with van der Waals surface area (Å²) in [6.07, 6.45) is -0.246. The van der Waals surface area contributed by atoms with Crippen LogP contribution in [-0.4, -0.2) is 9.55 Å². The van der Waals surface area contributed by atoms with E-state index in [-0.39, 0.29) is 11.6 Å². The van der Waals surface area contributed by atoms with Gasteiger partial charge in [0, 0.05) is 18.5 Å². The summed E-state index contributed by atoms with van der Waals surface area (Å²) < 4.78 is 26.3. The number of hydrogen-bond donors (Lipinski definition) is 0. The molecule has 0 N–H and O–H groups in total. The Balaban J connectivity index is 2.56. The van der Waals surface area contributed by atoms with Crippen LogP contribution < -0.4 is 5.56 Å². The number of nitrogens with zero attached hydrogens (tertiary/aromatic N) is 2. The molecule has 0 bridgehead atoms. The van der Waals surface area contributed by atoms with Crippen LogP contribution in [0.15, 0.2) is 10.9 Å². The van der Waals surface area contributed by atoms with Crippen LogP contribution in [0.5, 0.6) is 0 Å². The molecule has 0 aliphatic carbocycles. The van der Waals surface area contributed by atoms with Crippen molar-refractivity contribution >= 4 is 0 Å². The summed E-state index contributed by atoms with van der Waals surface area (Å²) in [6.45, 7) is 1.91. The van der Waals surface area contributed by atoms with Crippen LogP contribution in [0.3, 0.4) is 0 Å². The Morgan fingerprint density at radius 3 is 3.00 bits per heavy atom. The Morgan fingerprint density at radius 1 is 1.60 bits per heavy atom. The molecule has 1 aromatic heterocycles. The summed E-state index contributed by atoms with van der Waals surface area (Å²) in [7, 11) is 0. The van der Waals surface area contributed by atoms with Gasteiger partial charge in [0.1, 0.15) is 11.5 Å². The van der Waals surface area contributed by atoms with Crippen LogP contribution in [0.2, 0.25) is 0 Å². The van der Waals surface area contributed by atoms with Gasteiger partial charge in [-0.25, -0.2) is 13.8 Å².